The van der Waals surface area contributed by atoms with E-state index in [1.165, 1.54) is 0 Å². The molecule has 5 heteroatoms. The predicted molar refractivity (Wildman–Crippen MR) is 405 cm³/mol. The van der Waals surface area contributed by atoms with Crippen LogP contribution in [0.1, 0.15) is 96.8 Å². The molecular formula is C90H74BN3O. The van der Waals surface area contributed by atoms with E-state index < -0.39 is 78.6 Å². The van der Waals surface area contributed by atoms with Crippen LogP contribution in [0.3, 0.4) is 0 Å². The van der Waals surface area contributed by atoms with Gasteiger partial charge in [-0.1, -0.05) is 274 Å². The van der Waals surface area contributed by atoms with Crippen LogP contribution in [0.15, 0.2) is 289 Å². The minimum absolute atomic E-state index is 0.0252. The van der Waals surface area contributed by atoms with Crippen molar-refractivity contribution in [2.24, 2.45) is 0 Å². The lowest BCUT2D eigenvalue weighted by molar-refractivity contribution is 0.569. The van der Waals surface area contributed by atoms with Crippen molar-refractivity contribution in [1.82, 2.24) is 4.57 Å². The number of benzene rings is 13. The van der Waals surface area contributed by atoms with Crippen molar-refractivity contribution in [2.45, 2.75) is 78.6 Å². The Labute approximate surface area is 576 Å². The highest BCUT2D eigenvalue weighted by atomic mass is 16.3. The molecule has 0 N–H and O–H groups in total. The summed E-state index contributed by atoms with van der Waals surface area (Å²) in [5.41, 5.74) is 18.2. The topological polar surface area (TPSA) is 24.6 Å². The molecule has 2 aromatic heterocycles. The molecule has 4 nitrogen and oxygen atoms in total. The third kappa shape index (κ3) is 9.65. The molecule has 2 aliphatic rings. The van der Waals surface area contributed by atoms with E-state index in [4.69, 9.17) is 11.3 Å². The average molecular weight is 1240 g/mol. The first-order valence-corrected chi connectivity index (χ1v) is 32.5. The fourth-order valence-electron chi connectivity index (χ4n) is 14.5. The van der Waals surface area contributed by atoms with Crippen LogP contribution in [0, 0.1) is 0 Å². The van der Waals surface area contributed by atoms with Gasteiger partial charge in [-0.05, 0) is 167 Å². The van der Waals surface area contributed by atoms with Gasteiger partial charge in [0.1, 0.15) is 11.2 Å². The normalized spacial score (nSPS) is 15.0. The SMILES string of the molecule is [2H]c1c([2H])c([2H])c(-c2ccc3c(c2)N(c2cc(-c4ccccc4)cc4oc5ccccc5c24)c2cc(-c4cc(C(C)(C)C)cc(C(C)(C)C)c4)cc4c2B3c2ccc(-n3c5c([2H])c([2H])c([2H])c([2H])c5c5c([2H])c([2H])c([2H])c([2H])c53)cc2N4c2c(-c3ccccc3)cc(C(C)(C)C)cc2-c2ccccc2)c([2H])c1[2H]. The lowest BCUT2D eigenvalue weighted by atomic mass is 9.33. The standard InChI is InChI=1S/C90H74BN3O/c1-88(2,3)65-46-62(47-66(53-65)89(4,5)6)63-50-81-86-82(51-63)94(87-72(59-32-18-12-19-33-59)54-67(90(7,8)9)55-73(87)60-34-20-13-21-35-60)79-56-68(92-76-39-25-22-36-69(76)70-37-23-26-40-77(70)92)43-45-75(79)91(86)74-44-42-61(57-28-14-10-15-29-57)48-78(74)93(81)80-49-64(58-30-16-11-17-31-58)52-84-85(80)71-38-24-27-41-83(71)95-84/h10-56H,1-9H3/i10D,14D,15D,22D,23D,25D,26D,28D,29D,36D,37D,39D,40D. The van der Waals surface area contributed by atoms with Gasteiger partial charge in [-0.25, -0.2) is 0 Å². The Kier molecular flexibility index (Phi) is 10.5. The maximum Gasteiger partial charge on any atom is 0.252 e. The van der Waals surface area contributed by atoms with Gasteiger partial charge < -0.3 is 18.8 Å². The Morgan fingerprint density at radius 3 is 1.41 bits per heavy atom. The van der Waals surface area contributed by atoms with E-state index in [0.29, 0.717) is 33.8 Å². The van der Waals surface area contributed by atoms with Gasteiger partial charge in [0.2, 0.25) is 0 Å². The molecule has 458 valence electrons. The quantitative estimate of drug-likeness (QED) is 0.142. The summed E-state index contributed by atoms with van der Waals surface area (Å²) in [6, 6.07) is 65.0. The second-order valence-electron chi connectivity index (χ2n) is 28.4. The van der Waals surface area contributed by atoms with E-state index in [1.807, 2.05) is 109 Å². The molecule has 0 atom stereocenters. The van der Waals surface area contributed by atoms with E-state index in [1.54, 1.807) is 4.57 Å². The van der Waals surface area contributed by atoms with Gasteiger partial charge in [0.05, 0.1) is 45.6 Å². The molecule has 0 saturated heterocycles. The van der Waals surface area contributed by atoms with E-state index in [0.717, 1.165) is 111 Å². The first-order valence-electron chi connectivity index (χ1n) is 39.0. The second-order valence-corrected chi connectivity index (χ2v) is 28.4. The summed E-state index contributed by atoms with van der Waals surface area (Å²) in [4.78, 5) is 4.66. The molecule has 0 fully saturated rings. The Morgan fingerprint density at radius 1 is 0.337 bits per heavy atom. The first kappa shape index (κ1) is 45.4. The summed E-state index contributed by atoms with van der Waals surface area (Å²) in [5.74, 6) is 0. The fourth-order valence-corrected chi connectivity index (χ4v) is 14.5. The third-order valence-electron chi connectivity index (χ3n) is 19.3. The summed E-state index contributed by atoms with van der Waals surface area (Å²) in [5, 5.41) is 1.56. The summed E-state index contributed by atoms with van der Waals surface area (Å²) in [6.07, 6.45) is 0. The molecule has 4 heterocycles. The molecule has 2 aliphatic heterocycles. The number of nitrogens with zero attached hydrogens (tertiary/aromatic N) is 3. The number of para-hydroxylation sites is 3. The minimum atomic E-state index is -0.702. The molecule has 0 aliphatic carbocycles. The fraction of sp³-hybridized carbons (Fsp3) is 0.133. The van der Waals surface area contributed by atoms with Gasteiger partial charge in [0, 0.05) is 55.7 Å². The zero-order chi connectivity index (χ0) is 76.0. The monoisotopic (exact) mass is 1240 g/mol. The van der Waals surface area contributed by atoms with Crippen LogP contribution >= 0.6 is 0 Å². The van der Waals surface area contributed by atoms with E-state index in [-0.39, 0.29) is 50.3 Å². The van der Waals surface area contributed by atoms with Crippen molar-refractivity contribution in [3.63, 3.8) is 0 Å². The smallest absolute Gasteiger partial charge is 0.252 e. The summed E-state index contributed by atoms with van der Waals surface area (Å²) in [7, 11) is 0. The Morgan fingerprint density at radius 2 is 0.811 bits per heavy atom. The van der Waals surface area contributed by atoms with Crippen molar-refractivity contribution >= 4 is 101 Å². The number of anilines is 6. The lowest BCUT2D eigenvalue weighted by Gasteiger charge is -2.46. The Balaban J connectivity index is 1.12. The van der Waals surface area contributed by atoms with Crippen molar-refractivity contribution in [2.75, 3.05) is 9.80 Å². The zero-order valence-electron chi connectivity index (χ0n) is 67.5. The molecule has 13 aromatic carbocycles. The van der Waals surface area contributed by atoms with E-state index >= 15 is 0 Å². The zero-order valence-corrected chi connectivity index (χ0v) is 54.5. The molecule has 0 unspecified atom stereocenters. The van der Waals surface area contributed by atoms with Gasteiger partial charge in [-0.3, -0.25) is 0 Å². The minimum Gasteiger partial charge on any atom is -0.456 e. The summed E-state index contributed by atoms with van der Waals surface area (Å²) < 4.78 is 130. The predicted octanol–water partition coefficient (Wildman–Crippen LogP) is 23.0. The number of hydrogen-bond acceptors (Lipinski definition) is 3. The van der Waals surface area contributed by atoms with Gasteiger partial charge in [-0.2, -0.15) is 0 Å². The number of aromatic nitrogens is 1. The lowest BCUT2D eigenvalue weighted by Crippen LogP contribution is -2.61. The highest BCUT2D eigenvalue weighted by molar-refractivity contribution is 7.00. The van der Waals surface area contributed by atoms with Crippen LogP contribution in [0.5, 0.6) is 0 Å². The maximum absolute atomic E-state index is 9.83. The first-order chi connectivity index (χ1) is 51.4. The van der Waals surface area contributed by atoms with Crippen molar-refractivity contribution < 1.29 is 22.2 Å². The van der Waals surface area contributed by atoms with Gasteiger partial charge in [-0.15, -0.1) is 0 Å². The number of furan rings is 1. The van der Waals surface area contributed by atoms with Crippen LogP contribution in [0.2, 0.25) is 0 Å². The van der Waals surface area contributed by atoms with Gasteiger partial charge in [0.25, 0.3) is 6.71 Å². The van der Waals surface area contributed by atoms with Crippen LogP contribution in [-0.2, 0) is 16.2 Å². The van der Waals surface area contributed by atoms with Crippen LogP contribution in [0.4, 0.5) is 34.1 Å². The maximum atomic E-state index is 9.83. The molecule has 0 radical (unpaired) electrons. The van der Waals surface area contributed by atoms with Crippen LogP contribution < -0.4 is 26.2 Å². The average Bonchev–Trinajstić information content (AvgIpc) is 1.01. The molecule has 0 spiro atoms. The summed E-state index contributed by atoms with van der Waals surface area (Å²) >= 11 is 0. The van der Waals surface area contributed by atoms with E-state index in [9.17, 15) is 11.0 Å². The number of rotatable bonds is 8. The molecule has 0 bridgehead atoms. The van der Waals surface area contributed by atoms with Crippen molar-refractivity contribution in [3.05, 3.63) is 301 Å². The van der Waals surface area contributed by atoms with Crippen molar-refractivity contribution in [1.29, 1.82) is 0 Å². The molecular weight excluding hydrogens is 1150 g/mol. The van der Waals surface area contributed by atoms with E-state index in [2.05, 4.69) is 169 Å². The molecule has 15 aromatic rings. The van der Waals surface area contributed by atoms with Gasteiger partial charge in [0.15, 0.2) is 0 Å². The Bertz CT molecular complexity index is 6170. The highest BCUT2D eigenvalue weighted by Gasteiger charge is 2.46. The van der Waals surface area contributed by atoms with Gasteiger partial charge >= 0.3 is 0 Å². The highest BCUT2D eigenvalue weighted by Crippen LogP contribution is 2.55. The molecule has 95 heavy (non-hydrogen) atoms. The Hall–Kier alpha value is -10.9. The number of fused-ring (bicyclic) bond motifs is 10. The third-order valence-corrected chi connectivity index (χ3v) is 19.3. The second kappa shape index (κ2) is 21.9. The van der Waals surface area contributed by atoms with Crippen molar-refractivity contribution in [3.8, 4) is 61.3 Å². The molecule has 17 rings (SSSR count). The van der Waals surface area contributed by atoms with Crippen LogP contribution in [0.25, 0.3) is 105 Å². The van der Waals surface area contributed by atoms with Crippen LogP contribution in [-0.4, -0.2) is 11.3 Å². The largest absolute Gasteiger partial charge is 0.456 e. The number of hydrogen-bond donors (Lipinski definition) is 0. The summed E-state index contributed by atoms with van der Waals surface area (Å²) in [6.45, 7) is 19.3. The molecule has 0 amide bonds. The molecule has 0 saturated carbocycles.